The quantitative estimate of drug-likeness (QED) is 0.487. The zero-order valence-corrected chi connectivity index (χ0v) is 19.7. The van der Waals surface area contributed by atoms with E-state index in [1.54, 1.807) is 13.0 Å². The van der Waals surface area contributed by atoms with Crippen LogP contribution < -0.4 is 10.1 Å². The molecule has 1 atom stereocenters. The van der Waals surface area contributed by atoms with Crippen LogP contribution in [0.3, 0.4) is 0 Å². The fourth-order valence-electron chi connectivity index (χ4n) is 2.60. The fraction of sp³-hybridized carbons (Fsp3) is 0.364. The van der Waals surface area contributed by atoms with Crippen molar-refractivity contribution in [3.63, 3.8) is 0 Å². The van der Waals surface area contributed by atoms with Gasteiger partial charge in [-0.3, -0.25) is 9.59 Å². The maximum atomic E-state index is 13.0. The van der Waals surface area contributed by atoms with E-state index in [9.17, 15) is 9.59 Å². The summed E-state index contributed by atoms with van der Waals surface area (Å²) in [4.78, 5) is 27.1. The van der Waals surface area contributed by atoms with Crippen molar-refractivity contribution in [2.75, 3.05) is 13.2 Å². The Balaban J connectivity index is 2.13. The molecule has 29 heavy (non-hydrogen) atoms. The lowest BCUT2D eigenvalue weighted by Gasteiger charge is -2.29. The summed E-state index contributed by atoms with van der Waals surface area (Å²) in [6.45, 7) is 6.38. The highest BCUT2D eigenvalue weighted by molar-refractivity contribution is 14.1. The van der Waals surface area contributed by atoms with Crippen LogP contribution in [0.4, 0.5) is 0 Å². The number of halogens is 2. The minimum Gasteiger partial charge on any atom is -0.484 e. The van der Waals surface area contributed by atoms with E-state index in [0.29, 0.717) is 23.2 Å². The first kappa shape index (κ1) is 23.5. The monoisotopic (exact) mass is 528 g/mol. The zero-order chi connectivity index (χ0) is 21.4. The van der Waals surface area contributed by atoms with Crippen LogP contribution in [0.1, 0.15) is 26.3 Å². The molecule has 0 spiro atoms. The SMILES string of the molecule is CC(C)CNC(=O)[C@@H](C)N(Cc1ccccc1Cl)C(=O)COc1ccc(I)cc1. The third-order valence-electron chi connectivity index (χ3n) is 4.33. The summed E-state index contributed by atoms with van der Waals surface area (Å²) in [5, 5.41) is 3.44. The van der Waals surface area contributed by atoms with Gasteiger partial charge in [0, 0.05) is 21.7 Å². The van der Waals surface area contributed by atoms with Crippen molar-refractivity contribution in [2.24, 2.45) is 5.92 Å². The van der Waals surface area contributed by atoms with Crippen LogP contribution in [-0.4, -0.2) is 35.9 Å². The summed E-state index contributed by atoms with van der Waals surface area (Å²) in [6, 6.07) is 14.1. The molecule has 5 nitrogen and oxygen atoms in total. The largest absolute Gasteiger partial charge is 0.484 e. The van der Waals surface area contributed by atoms with Crippen LogP contribution in [-0.2, 0) is 16.1 Å². The minimum atomic E-state index is -0.655. The standard InChI is InChI=1S/C22H26ClIN2O3/c1-15(2)12-25-22(28)16(3)26(13-17-6-4-5-7-20(17)23)21(27)14-29-19-10-8-18(24)9-11-19/h4-11,15-16H,12-14H2,1-3H3,(H,25,28)/t16-/m1/s1. The molecule has 0 radical (unpaired) electrons. The number of carbonyl (C=O) groups is 2. The van der Waals surface area contributed by atoms with E-state index in [2.05, 4.69) is 27.9 Å². The Labute approximate surface area is 190 Å². The first-order valence-corrected chi connectivity index (χ1v) is 10.9. The summed E-state index contributed by atoms with van der Waals surface area (Å²) in [7, 11) is 0. The summed E-state index contributed by atoms with van der Waals surface area (Å²) >= 11 is 8.48. The molecular weight excluding hydrogens is 503 g/mol. The van der Waals surface area contributed by atoms with Crippen molar-refractivity contribution < 1.29 is 14.3 Å². The Bertz CT molecular complexity index is 827. The van der Waals surface area contributed by atoms with Crippen molar-refractivity contribution in [1.82, 2.24) is 10.2 Å². The van der Waals surface area contributed by atoms with Gasteiger partial charge in [-0.25, -0.2) is 0 Å². The van der Waals surface area contributed by atoms with E-state index in [1.165, 1.54) is 4.90 Å². The number of hydrogen-bond acceptors (Lipinski definition) is 3. The number of hydrogen-bond donors (Lipinski definition) is 1. The topological polar surface area (TPSA) is 58.6 Å². The van der Waals surface area contributed by atoms with Crippen LogP contribution in [0.15, 0.2) is 48.5 Å². The lowest BCUT2D eigenvalue weighted by molar-refractivity contribution is -0.142. The highest BCUT2D eigenvalue weighted by Crippen LogP contribution is 2.19. The Kier molecular flexibility index (Phi) is 9.23. The van der Waals surface area contributed by atoms with Gasteiger partial charge in [0.05, 0.1) is 0 Å². The highest BCUT2D eigenvalue weighted by atomic mass is 127. The summed E-state index contributed by atoms with van der Waals surface area (Å²) in [6.07, 6.45) is 0. The number of nitrogens with zero attached hydrogens (tertiary/aromatic N) is 1. The zero-order valence-electron chi connectivity index (χ0n) is 16.8. The van der Waals surface area contributed by atoms with Gasteiger partial charge in [-0.2, -0.15) is 0 Å². The third kappa shape index (κ3) is 7.51. The number of carbonyl (C=O) groups excluding carboxylic acids is 2. The molecule has 2 aromatic rings. The van der Waals surface area contributed by atoms with Gasteiger partial charge in [0.1, 0.15) is 11.8 Å². The van der Waals surface area contributed by atoms with E-state index < -0.39 is 6.04 Å². The second kappa shape index (κ2) is 11.4. The van der Waals surface area contributed by atoms with Crippen molar-refractivity contribution >= 4 is 46.0 Å². The van der Waals surface area contributed by atoms with Gasteiger partial charge >= 0.3 is 0 Å². The van der Waals surface area contributed by atoms with Crippen LogP contribution in [0, 0.1) is 9.49 Å². The molecule has 0 aromatic heterocycles. The second-order valence-corrected chi connectivity index (χ2v) is 8.82. The molecule has 0 unspecified atom stereocenters. The average Bonchev–Trinajstić information content (AvgIpc) is 2.70. The van der Waals surface area contributed by atoms with Crippen LogP contribution in [0.25, 0.3) is 0 Å². The maximum Gasteiger partial charge on any atom is 0.261 e. The van der Waals surface area contributed by atoms with E-state index in [-0.39, 0.29) is 25.0 Å². The van der Waals surface area contributed by atoms with Gasteiger partial charge in [-0.1, -0.05) is 43.6 Å². The molecule has 0 aliphatic carbocycles. The summed E-state index contributed by atoms with van der Waals surface area (Å²) in [5.74, 6) is 0.445. The van der Waals surface area contributed by atoms with Gasteiger partial charge in [-0.15, -0.1) is 0 Å². The number of ether oxygens (including phenoxy) is 1. The first-order chi connectivity index (χ1) is 13.8. The molecular formula is C22H26ClIN2O3. The molecule has 0 bridgehead atoms. The van der Waals surface area contributed by atoms with Gasteiger partial charge in [0.25, 0.3) is 5.91 Å². The first-order valence-electron chi connectivity index (χ1n) is 9.47. The van der Waals surface area contributed by atoms with E-state index >= 15 is 0 Å². The van der Waals surface area contributed by atoms with E-state index in [4.69, 9.17) is 16.3 Å². The third-order valence-corrected chi connectivity index (χ3v) is 5.41. The van der Waals surface area contributed by atoms with Crippen molar-refractivity contribution in [2.45, 2.75) is 33.4 Å². The number of benzene rings is 2. The summed E-state index contributed by atoms with van der Waals surface area (Å²) < 4.78 is 6.72. The predicted molar refractivity (Wildman–Crippen MR) is 124 cm³/mol. The highest BCUT2D eigenvalue weighted by Gasteiger charge is 2.27. The second-order valence-electron chi connectivity index (χ2n) is 7.17. The van der Waals surface area contributed by atoms with Gasteiger partial charge in [0.2, 0.25) is 5.91 Å². The maximum absolute atomic E-state index is 13.0. The van der Waals surface area contributed by atoms with E-state index in [1.807, 2.05) is 56.3 Å². The number of nitrogens with one attached hydrogen (secondary N) is 1. The van der Waals surface area contributed by atoms with Gasteiger partial charge in [-0.05, 0) is 71.3 Å². The molecule has 0 aliphatic heterocycles. The number of rotatable bonds is 9. The van der Waals surface area contributed by atoms with Crippen molar-refractivity contribution in [1.29, 1.82) is 0 Å². The Morgan fingerprint density at radius 3 is 2.38 bits per heavy atom. The molecule has 0 heterocycles. The summed E-state index contributed by atoms with van der Waals surface area (Å²) in [5.41, 5.74) is 0.778. The lowest BCUT2D eigenvalue weighted by Crippen LogP contribution is -2.49. The minimum absolute atomic E-state index is 0.160. The Morgan fingerprint density at radius 2 is 1.76 bits per heavy atom. The molecule has 0 saturated carbocycles. The Hall–Kier alpha value is -1.80. The Morgan fingerprint density at radius 1 is 1.10 bits per heavy atom. The molecule has 7 heteroatoms. The molecule has 0 saturated heterocycles. The normalized spacial score (nSPS) is 11.8. The molecule has 156 valence electrons. The van der Waals surface area contributed by atoms with Gasteiger partial charge < -0.3 is 15.0 Å². The van der Waals surface area contributed by atoms with E-state index in [0.717, 1.165) is 9.13 Å². The van der Waals surface area contributed by atoms with Crippen molar-refractivity contribution in [3.8, 4) is 5.75 Å². The predicted octanol–water partition coefficient (Wildman–Crippen LogP) is 4.51. The molecule has 2 aromatic carbocycles. The number of amides is 2. The molecule has 0 aliphatic rings. The van der Waals surface area contributed by atoms with Crippen molar-refractivity contribution in [3.05, 3.63) is 62.7 Å². The smallest absolute Gasteiger partial charge is 0.261 e. The van der Waals surface area contributed by atoms with Crippen LogP contribution >= 0.6 is 34.2 Å². The molecule has 1 N–H and O–H groups in total. The van der Waals surface area contributed by atoms with Gasteiger partial charge in [0.15, 0.2) is 6.61 Å². The molecule has 2 rings (SSSR count). The van der Waals surface area contributed by atoms with Crippen LogP contribution in [0.2, 0.25) is 5.02 Å². The fourth-order valence-corrected chi connectivity index (χ4v) is 3.16. The molecule has 0 fully saturated rings. The lowest BCUT2D eigenvalue weighted by atomic mass is 10.1. The van der Waals surface area contributed by atoms with Crippen LogP contribution in [0.5, 0.6) is 5.75 Å². The average molecular weight is 529 g/mol. The molecule has 2 amide bonds.